The van der Waals surface area contributed by atoms with Gasteiger partial charge in [-0.1, -0.05) is 23.8 Å². The van der Waals surface area contributed by atoms with Crippen LogP contribution in [0.4, 0.5) is 5.69 Å². The maximum absolute atomic E-state index is 12.4. The van der Waals surface area contributed by atoms with Gasteiger partial charge < -0.3 is 5.32 Å². The van der Waals surface area contributed by atoms with Crippen LogP contribution in [-0.4, -0.2) is 25.2 Å². The zero-order valence-corrected chi connectivity index (χ0v) is 15.3. The third-order valence-corrected chi connectivity index (χ3v) is 4.17. The third-order valence-electron chi connectivity index (χ3n) is 4.17. The molecular formula is C19H21N5O2. The molecule has 7 heteroatoms. The molecule has 0 atom stereocenters. The molecule has 0 aliphatic heterocycles. The second-order valence-corrected chi connectivity index (χ2v) is 6.36. The summed E-state index contributed by atoms with van der Waals surface area (Å²) in [5.41, 5.74) is 4.10. The van der Waals surface area contributed by atoms with Crippen molar-refractivity contribution in [3.8, 4) is 11.5 Å². The van der Waals surface area contributed by atoms with Gasteiger partial charge in [0, 0.05) is 18.9 Å². The Bertz CT molecular complexity index is 995. The van der Waals surface area contributed by atoms with Crippen molar-refractivity contribution >= 4 is 11.6 Å². The highest BCUT2D eigenvalue weighted by atomic mass is 16.2. The van der Waals surface area contributed by atoms with E-state index in [-0.39, 0.29) is 18.1 Å². The molecule has 3 aromatic rings. The topological polar surface area (TPSA) is 81.8 Å². The lowest BCUT2D eigenvalue weighted by molar-refractivity contribution is -0.117. The molecule has 1 aromatic carbocycles. The van der Waals surface area contributed by atoms with E-state index >= 15 is 0 Å². The monoisotopic (exact) mass is 351 g/mol. The molecule has 0 unspecified atom stereocenters. The highest BCUT2D eigenvalue weighted by molar-refractivity contribution is 5.92. The number of amides is 1. The molecule has 2 aromatic heterocycles. The minimum atomic E-state index is -0.363. The third kappa shape index (κ3) is 3.42. The molecule has 0 aliphatic carbocycles. The summed E-state index contributed by atoms with van der Waals surface area (Å²) in [6.45, 7) is 5.74. The van der Waals surface area contributed by atoms with Gasteiger partial charge in [0.15, 0.2) is 5.82 Å². The number of anilines is 1. The van der Waals surface area contributed by atoms with Gasteiger partial charge in [0.2, 0.25) is 5.91 Å². The van der Waals surface area contributed by atoms with Crippen LogP contribution in [0.15, 0.2) is 41.3 Å². The molecule has 26 heavy (non-hydrogen) atoms. The maximum Gasteiger partial charge on any atom is 0.346 e. The van der Waals surface area contributed by atoms with E-state index in [1.54, 1.807) is 25.4 Å². The molecule has 2 heterocycles. The molecule has 0 fully saturated rings. The fraction of sp³-hybridized carbons (Fsp3) is 0.263. The minimum absolute atomic E-state index is 0.160. The first-order valence-corrected chi connectivity index (χ1v) is 8.29. The van der Waals surface area contributed by atoms with Crippen molar-refractivity contribution in [1.82, 2.24) is 19.3 Å². The average Bonchev–Trinajstić information content (AvgIpc) is 2.87. The Morgan fingerprint density at radius 3 is 2.46 bits per heavy atom. The highest BCUT2D eigenvalue weighted by Gasteiger charge is 2.16. The van der Waals surface area contributed by atoms with Crippen molar-refractivity contribution in [3.63, 3.8) is 0 Å². The summed E-state index contributed by atoms with van der Waals surface area (Å²) in [4.78, 5) is 29.0. The summed E-state index contributed by atoms with van der Waals surface area (Å²) in [7, 11) is 1.61. The summed E-state index contributed by atoms with van der Waals surface area (Å²) in [6, 6.07) is 9.40. The number of nitrogens with one attached hydrogen (secondary N) is 1. The van der Waals surface area contributed by atoms with Gasteiger partial charge in [0.1, 0.15) is 12.2 Å². The van der Waals surface area contributed by atoms with E-state index in [0.717, 1.165) is 27.1 Å². The number of aryl methyl sites for hydroxylation is 3. The first kappa shape index (κ1) is 17.6. The lowest BCUT2D eigenvalue weighted by atomic mass is 10.1. The Hall–Kier alpha value is -3.22. The predicted octanol–water partition coefficient (Wildman–Crippen LogP) is 2.21. The van der Waals surface area contributed by atoms with Gasteiger partial charge in [-0.2, -0.15) is 0 Å². The Kier molecular flexibility index (Phi) is 4.71. The quantitative estimate of drug-likeness (QED) is 0.781. The zero-order chi connectivity index (χ0) is 18.8. The van der Waals surface area contributed by atoms with Gasteiger partial charge in [-0.25, -0.2) is 9.48 Å². The SMILES string of the molecule is Cc1cc(C)c(NC(=O)Cn2nc(-c3ccccn3)n(C)c2=O)c(C)c1. The van der Waals surface area contributed by atoms with E-state index in [2.05, 4.69) is 15.4 Å². The molecule has 0 saturated heterocycles. The van der Waals surface area contributed by atoms with Crippen LogP contribution in [0.5, 0.6) is 0 Å². The number of carbonyl (C=O) groups excluding carboxylic acids is 1. The zero-order valence-electron chi connectivity index (χ0n) is 15.3. The van der Waals surface area contributed by atoms with Crippen molar-refractivity contribution in [1.29, 1.82) is 0 Å². The number of hydrogen-bond acceptors (Lipinski definition) is 4. The second kappa shape index (κ2) is 6.95. The molecular weight excluding hydrogens is 330 g/mol. The van der Waals surface area contributed by atoms with Crippen molar-refractivity contribution in [2.24, 2.45) is 7.05 Å². The van der Waals surface area contributed by atoms with Gasteiger partial charge >= 0.3 is 5.69 Å². The number of rotatable bonds is 4. The fourth-order valence-electron chi connectivity index (χ4n) is 3.00. The number of aromatic nitrogens is 4. The molecule has 7 nitrogen and oxygen atoms in total. The van der Waals surface area contributed by atoms with Crippen LogP contribution >= 0.6 is 0 Å². The van der Waals surface area contributed by atoms with Gasteiger partial charge in [0.05, 0.1) is 0 Å². The molecule has 0 bridgehead atoms. The number of pyridine rings is 1. The van der Waals surface area contributed by atoms with Gasteiger partial charge in [-0.05, 0) is 44.0 Å². The van der Waals surface area contributed by atoms with E-state index in [9.17, 15) is 9.59 Å². The van der Waals surface area contributed by atoms with Crippen molar-refractivity contribution < 1.29 is 4.79 Å². The van der Waals surface area contributed by atoms with Crippen LogP contribution in [0, 0.1) is 20.8 Å². The number of benzene rings is 1. The Labute approximate surface area is 151 Å². The van der Waals surface area contributed by atoms with Crippen molar-refractivity contribution in [2.75, 3.05) is 5.32 Å². The molecule has 1 amide bonds. The van der Waals surface area contributed by atoms with Gasteiger partial charge in [0.25, 0.3) is 0 Å². The number of hydrogen-bond donors (Lipinski definition) is 1. The lowest BCUT2D eigenvalue weighted by Gasteiger charge is -2.12. The van der Waals surface area contributed by atoms with E-state index in [1.165, 1.54) is 4.57 Å². The molecule has 3 rings (SSSR count). The van der Waals surface area contributed by atoms with Crippen LogP contribution < -0.4 is 11.0 Å². The molecule has 0 saturated carbocycles. The molecule has 0 aliphatic rings. The van der Waals surface area contributed by atoms with Crippen LogP contribution in [0.25, 0.3) is 11.5 Å². The van der Waals surface area contributed by atoms with Gasteiger partial charge in [-0.15, -0.1) is 5.10 Å². The van der Waals surface area contributed by atoms with E-state index in [1.807, 2.05) is 39.0 Å². The van der Waals surface area contributed by atoms with Crippen LogP contribution in [-0.2, 0) is 18.4 Å². The van der Waals surface area contributed by atoms with Crippen molar-refractivity contribution in [2.45, 2.75) is 27.3 Å². The van der Waals surface area contributed by atoms with Crippen LogP contribution in [0.3, 0.4) is 0 Å². The normalized spacial score (nSPS) is 10.8. The van der Waals surface area contributed by atoms with E-state index in [4.69, 9.17) is 0 Å². The van der Waals surface area contributed by atoms with Gasteiger partial charge in [-0.3, -0.25) is 14.3 Å². The lowest BCUT2D eigenvalue weighted by Crippen LogP contribution is -2.29. The summed E-state index contributed by atoms with van der Waals surface area (Å²) in [6.07, 6.45) is 1.63. The standard InChI is InChI=1S/C19H21N5O2/c1-12-9-13(2)17(14(3)10-12)21-16(25)11-24-19(26)23(4)18(22-24)15-7-5-6-8-20-15/h5-10H,11H2,1-4H3,(H,21,25). The molecule has 0 spiro atoms. The van der Waals surface area contributed by atoms with Crippen LogP contribution in [0.2, 0.25) is 0 Å². The maximum atomic E-state index is 12.4. The molecule has 1 N–H and O–H groups in total. The van der Waals surface area contributed by atoms with Crippen molar-refractivity contribution in [3.05, 3.63) is 63.7 Å². The van der Waals surface area contributed by atoms with Crippen LogP contribution in [0.1, 0.15) is 16.7 Å². The Morgan fingerprint density at radius 1 is 1.15 bits per heavy atom. The largest absolute Gasteiger partial charge is 0.346 e. The summed E-state index contributed by atoms with van der Waals surface area (Å²) in [5.74, 6) is 0.124. The number of nitrogens with zero attached hydrogens (tertiary/aromatic N) is 4. The Balaban J connectivity index is 1.84. The smallest absolute Gasteiger partial charge is 0.324 e. The van der Waals surface area contributed by atoms with E-state index < -0.39 is 0 Å². The minimum Gasteiger partial charge on any atom is -0.324 e. The Morgan fingerprint density at radius 2 is 1.85 bits per heavy atom. The molecule has 134 valence electrons. The summed E-state index contributed by atoms with van der Waals surface area (Å²) < 4.78 is 2.54. The predicted molar refractivity (Wildman–Crippen MR) is 100.0 cm³/mol. The molecule has 0 radical (unpaired) electrons. The summed E-state index contributed by atoms with van der Waals surface area (Å²) in [5, 5.41) is 7.15. The second-order valence-electron chi connectivity index (χ2n) is 6.36. The number of carbonyl (C=O) groups is 1. The fourth-order valence-corrected chi connectivity index (χ4v) is 3.00. The van der Waals surface area contributed by atoms with E-state index in [0.29, 0.717) is 11.5 Å². The average molecular weight is 351 g/mol. The first-order valence-electron chi connectivity index (χ1n) is 8.29. The highest BCUT2D eigenvalue weighted by Crippen LogP contribution is 2.21. The summed E-state index contributed by atoms with van der Waals surface area (Å²) >= 11 is 0. The first-order chi connectivity index (χ1) is 12.4.